The van der Waals surface area contributed by atoms with Gasteiger partial charge in [0.2, 0.25) is 0 Å². The average Bonchev–Trinajstić information content (AvgIpc) is 2.35. The van der Waals surface area contributed by atoms with Crippen LogP contribution in [0.15, 0.2) is 48.5 Å². The lowest BCUT2D eigenvalue weighted by Crippen LogP contribution is -2.29. The number of nitrogens with two attached hydrogens (primary N) is 1. The van der Waals surface area contributed by atoms with Crippen LogP contribution in [0.4, 0.5) is 4.39 Å². The Balaban J connectivity index is 2.40. The first-order valence-corrected chi connectivity index (χ1v) is 5.49. The summed E-state index contributed by atoms with van der Waals surface area (Å²) in [5.74, 6) is 5.36. The molecule has 0 spiro atoms. The molecule has 0 amide bonds. The van der Waals surface area contributed by atoms with E-state index in [0.29, 0.717) is 0 Å². The van der Waals surface area contributed by atoms with E-state index >= 15 is 0 Å². The minimum atomic E-state index is -0.241. The molecule has 2 nitrogen and oxygen atoms in total. The van der Waals surface area contributed by atoms with Crippen molar-refractivity contribution in [1.29, 1.82) is 0 Å². The van der Waals surface area contributed by atoms with Gasteiger partial charge in [-0.05, 0) is 35.7 Å². The fourth-order valence-electron chi connectivity index (χ4n) is 1.93. The molecule has 0 radical (unpaired) electrons. The predicted octanol–water partition coefficient (Wildman–Crippen LogP) is 2.69. The van der Waals surface area contributed by atoms with Crippen molar-refractivity contribution < 1.29 is 4.39 Å². The van der Waals surface area contributed by atoms with Gasteiger partial charge in [0.15, 0.2) is 0 Å². The van der Waals surface area contributed by atoms with Crippen LogP contribution in [0.25, 0.3) is 0 Å². The molecule has 0 saturated carbocycles. The van der Waals surface area contributed by atoms with E-state index in [0.717, 1.165) is 16.7 Å². The molecular formula is C14H15FN2. The normalized spacial score (nSPS) is 12.4. The van der Waals surface area contributed by atoms with Gasteiger partial charge in [-0.25, -0.2) is 9.82 Å². The first-order valence-electron chi connectivity index (χ1n) is 5.49. The molecule has 3 heteroatoms. The number of benzene rings is 2. The van der Waals surface area contributed by atoms with Crippen LogP contribution in [0.5, 0.6) is 0 Å². The number of halogens is 1. The highest BCUT2D eigenvalue weighted by atomic mass is 19.1. The Bertz CT molecular complexity index is 494. The van der Waals surface area contributed by atoms with Crippen molar-refractivity contribution in [3.8, 4) is 0 Å². The predicted molar refractivity (Wildman–Crippen MR) is 66.7 cm³/mol. The second kappa shape index (κ2) is 5.08. The summed E-state index contributed by atoms with van der Waals surface area (Å²) in [7, 11) is 0. The average molecular weight is 230 g/mol. The number of hydrogen-bond acceptors (Lipinski definition) is 2. The quantitative estimate of drug-likeness (QED) is 0.628. The van der Waals surface area contributed by atoms with E-state index in [2.05, 4.69) is 5.43 Å². The maximum atomic E-state index is 12.9. The number of nitrogens with one attached hydrogen (secondary N) is 1. The van der Waals surface area contributed by atoms with Gasteiger partial charge in [-0.3, -0.25) is 5.84 Å². The number of hydrazine groups is 1. The van der Waals surface area contributed by atoms with Gasteiger partial charge < -0.3 is 0 Å². The molecule has 0 aliphatic carbocycles. The molecule has 0 fully saturated rings. The third-order valence-corrected chi connectivity index (χ3v) is 2.87. The zero-order valence-corrected chi connectivity index (χ0v) is 9.65. The van der Waals surface area contributed by atoms with Gasteiger partial charge in [0.1, 0.15) is 5.82 Å². The summed E-state index contributed by atoms with van der Waals surface area (Å²) in [4.78, 5) is 0. The molecule has 0 aliphatic rings. The Morgan fingerprint density at radius 1 is 1.06 bits per heavy atom. The van der Waals surface area contributed by atoms with Crippen LogP contribution < -0.4 is 11.3 Å². The molecule has 0 aliphatic heterocycles. The lowest BCUT2D eigenvalue weighted by Gasteiger charge is -2.18. The third-order valence-electron chi connectivity index (χ3n) is 2.87. The molecule has 0 aromatic heterocycles. The topological polar surface area (TPSA) is 38.0 Å². The van der Waals surface area contributed by atoms with Crippen molar-refractivity contribution in [3.05, 3.63) is 71.0 Å². The smallest absolute Gasteiger partial charge is 0.123 e. The molecule has 2 aromatic carbocycles. The van der Waals surface area contributed by atoms with Gasteiger partial charge in [-0.1, -0.05) is 36.4 Å². The van der Waals surface area contributed by atoms with Crippen LogP contribution in [0.3, 0.4) is 0 Å². The van der Waals surface area contributed by atoms with Crippen LogP contribution in [0.1, 0.15) is 22.7 Å². The van der Waals surface area contributed by atoms with Crippen LogP contribution in [-0.2, 0) is 0 Å². The molecule has 88 valence electrons. The highest BCUT2D eigenvalue weighted by Gasteiger charge is 2.13. The highest BCUT2D eigenvalue weighted by Crippen LogP contribution is 2.24. The van der Waals surface area contributed by atoms with E-state index in [1.165, 1.54) is 12.1 Å². The summed E-state index contributed by atoms with van der Waals surface area (Å²) < 4.78 is 12.9. The summed E-state index contributed by atoms with van der Waals surface area (Å²) in [6.45, 7) is 2.03. The molecular weight excluding hydrogens is 215 g/mol. The van der Waals surface area contributed by atoms with E-state index in [9.17, 15) is 4.39 Å². The SMILES string of the molecule is Cc1ccccc1C(NN)c1ccc(F)cc1. The first-order chi connectivity index (χ1) is 8.22. The standard InChI is InChI=1S/C14H15FN2/c1-10-4-2-3-5-13(10)14(17-16)11-6-8-12(15)9-7-11/h2-9,14,17H,16H2,1H3. The molecule has 0 saturated heterocycles. The molecule has 2 rings (SSSR count). The molecule has 0 bridgehead atoms. The van der Waals surface area contributed by atoms with Gasteiger partial charge in [-0.2, -0.15) is 0 Å². The summed E-state index contributed by atoms with van der Waals surface area (Å²) in [6, 6.07) is 14.3. The van der Waals surface area contributed by atoms with Crippen LogP contribution in [0.2, 0.25) is 0 Å². The van der Waals surface area contributed by atoms with Crippen molar-refractivity contribution in [1.82, 2.24) is 5.43 Å². The Morgan fingerprint density at radius 3 is 2.29 bits per heavy atom. The van der Waals surface area contributed by atoms with E-state index in [4.69, 9.17) is 5.84 Å². The van der Waals surface area contributed by atoms with Crippen LogP contribution in [-0.4, -0.2) is 0 Å². The number of aryl methyl sites for hydroxylation is 1. The van der Waals surface area contributed by atoms with Gasteiger partial charge in [0.25, 0.3) is 0 Å². The fourth-order valence-corrected chi connectivity index (χ4v) is 1.93. The Morgan fingerprint density at radius 2 is 1.71 bits per heavy atom. The molecule has 2 aromatic rings. The maximum absolute atomic E-state index is 12.9. The van der Waals surface area contributed by atoms with Gasteiger partial charge >= 0.3 is 0 Å². The lowest BCUT2D eigenvalue weighted by atomic mass is 9.95. The van der Waals surface area contributed by atoms with Gasteiger partial charge in [0, 0.05) is 0 Å². The summed E-state index contributed by atoms with van der Waals surface area (Å²) >= 11 is 0. The van der Waals surface area contributed by atoms with E-state index in [-0.39, 0.29) is 11.9 Å². The molecule has 1 atom stereocenters. The number of hydrogen-bond donors (Lipinski definition) is 2. The monoisotopic (exact) mass is 230 g/mol. The lowest BCUT2D eigenvalue weighted by molar-refractivity contribution is 0.614. The molecule has 0 heterocycles. The van der Waals surface area contributed by atoms with E-state index in [1.807, 2.05) is 31.2 Å². The van der Waals surface area contributed by atoms with Crippen molar-refractivity contribution in [2.45, 2.75) is 13.0 Å². The maximum Gasteiger partial charge on any atom is 0.123 e. The fraction of sp³-hybridized carbons (Fsp3) is 0.143. The zero-order valence-electron chi connectivity index (χ0n) is 9.65. The molecule has 3 N–H and O–H groups in total. The second-order valence-corrected chi connectivity index (χ2v) is 4.01. The summed E-state index contributed by atoms with van der Waals surface area (Å²) in [5.41, 5.74) is 5.97. The Kier molecular flexibility index (Phi) is 3.52. The van der Waals surface area contributed by atoms with Crippen LogP contribution in [0, 0.1) is 12.7 Å². The first kappa shape index (κ1) is 11.8. The number of rotatable bonds is 3. The molecule has 17 heavy (non-hydrogen) atoms. The zero-order chi connectivity index (χ0) is 12.3. The summed E-state index contributed by atoms with van der Waals surface area (Å²) in [6.07, 6.45) is 0. The van der Waals surface area contributed by atoms with E-state index in [1.54, 1.807) is 12.1 Å². The van der Waals surface area contributed by atoms with Crippen molar-refractivity contribution in [2.24, 2.45) is 5.84 Å². The van der Waals surface area contributed by atoms with Crippen molar-refractivity contribution in [3.63, 3.8) is 0 Å². The molecule has 1 unspecified atom stereocenters. The summed E-state index contributed by atoms with van der Waals surface area (Å²) in [5, 5.41) is 0. The van der Waals surface area contributed by atoms with Gasteiger partial charge in [-0.15, -0.1) is 0 Å². The van der Waals surface area contributed by atoms with Crippen LogP contribution >= 0.6 is 0 Å². The second-order valence-electron chi connectivity index (χ2n) is 4.01. The Hall–Kier alpha value is -1.71. The van der Waals surface area contributed by atoms with E-state index < -0.39 is 0 Å². The van der Waals surface area contributed by atoms with Crippen molar-refractivity contribution in [2.75, 3.05) is 0 Å². The minimum Gasteiger partial charge on any atom is -0.271 e. The minimum absolute atomic E-state index is 0.114. The van der Waals surface area contributed by atoms with Gasteiger partial charge in [0.05, 0.1) is 6.04 Å². The highest BCUT2D eigenvalue weighted by molar-refractivity contribution is 5.36. The Labute approximate surface area is 100 Å². The van der Waals surface area contributed by atoms with Crippen molar-refractivity contribution >= 4 is 0 Å². The third kappa shape index (κ3) is 2.52. The largest absolute Gasteiger partial charge is 0.271 e.